The summed E-state index contributed by atoms with van der Waals surface area (Å²) >= 11 is 0. The first-order valence-electron chi connectivity index (χ1n) is 5.57. The van der Waals surface area contributed by atoms with Crippen LogP contribution < -0.4 is 5.73 Å². The zero-order valence-electron chi connectivity index (χ0n) is 10.6. The quantitative estimate of drug-likeness (QED) is 0.546. The Morgan fingerprint density at radius 1 is 1.31 bits per heavy atom. The molecule has 96 valence electrons. The number of unbranched alkanes of at least 4 members (excludes halogenated alkanes) is 1. The van der Waals surface area contributed by atoms with Crippen LogP contribution in [0.2, 0.25) is 0 Å². The summed E-state index contributed by atoms with van der Waals surface area (Å²) in [7, 11) is -3.21. The van der Waals surface area contributed by atoms with Crippen LogP contribution in [0.4, 0.5) is 0 Å². The number of nitrogens with two attached hydrogens (primary N) is 1. The van der Waals surface area contributed by atoms with Gasteiger partial charge in [-0.1, -0.05) is 6.08 Å². The lowest BCUT2D eigenvalue weighted by atomic mass is 10.1. The number of rotatable bonds is 7. The first-order chi connectivity index (χ1) is 7.25. The molecule has 0 rings (SSSR count). The highest BCUT2D eigenvalue weighted by atomic mass is 32.2. The summed E-state index contributed by atoms with van der Waals surface area (Å²) in [5.74, 6) is 0.162. The molecule has 0 spiro atoms. The lowest BCUT2D eigenvalue weighted by molar-refractivity contribution is 0.269. The standard InChI is InChI=1S/C11H24N2O2S/c1-5-9-13(11(2,3)4)16(14,15)10-7-6-8-12/h5H,1,6-10,12H2,2-4H3. The molecule has 5 heteroatoms. The van der Waals surface area contributed by atoms with Crippen LogP contribution in [0.3, 0.4) is 0 Å². The van der Waals surface area contributed by atoms with E-state index < -0.39 is 15.6 Å². The first kappa shape index (κ1) is 15.6. The summed E-state index contributed by atoms with van der Waals surface area (Å²) in [6.45, 7) is 10.1. The van der Waals surface area contributed by atoms with Crippen LogP contribution in [-0.2, 0) is 10.0 Å². The van der Waals surface area contributed by atoms with Crippen molar-refractivity contribution in [1.82, 2.24) is 4.31 Å². The highest BCUT2D eigenvalue weighted by Crippen LogP contribution is 2.19. The molecular weight excluding hydrogens is 224 g/mol. The highest BCUT2D eigenvalue weighted by molar-refractivity contribution is 7.89. The molecule has 0 aliphatic carbocycles. The second kappa shape index (κ2) is 6.37. The summed E-state index contributed by atoms with van der Waals surface area (Å²) in [5, 5.41) is 0. The van der Waals surface area contributed by atoms with E-state index in [1.54, 1.807) is 6.08 Å². The molecule has 0 fully saturated rings. The SMILES string of the molecule is C=CCN(C(C)(C)C)S(=O)(=O)CCCCN. The second-order valence-corrected chi connectivity index (χ2v) is 6.82. The van der Waals surface area contributed by atoms with Crippen molar-refractivity contribution >= 4 is 10.0 Å². The Labute approximate surface area is 99.6 Å². The third-order valence-corrected chi connectivity index (χ3v) is 4.41. The Kier molecular flexibility index (Phi) is 6.22. The highest BCUT2D eigenvalue weighted by Gasteiger charge is 2.30. The molecule has 0 heterocycles. The maximum Gasteiger partial charge on any atom is 0.214 e. The molecule has 0 saturated heterocycles. The van der Waals surface area contributed by atoms with Gasteiger partial charge in [-0.3, -0.25) is 0 Å². The largest absolute Gasteiger partial charge is 0.330 e. The Bertz CT molecular complexity index is 304. The van der Waals surface area contributed by atoms with Crippen molar-refractivity contribution in [3.8, 4) is 0 Å². The zero-order valence-corrected chi connectivity index (χ0v) is 11.4. The normalized spacial score (nSPS) is 13.1. The van der Waals surface area contributed by atoms with Gasteiger partial charge in [0.1, 0.15) is 0 Å². The summed E-state index contributed by atoms with van der Waals surface area (Å²) in [6, 6.07) is 0. The van der Waals surface area contributed by atoms with Crippen LogP contribution in [-0.4, -0.2) is 37.1 Å². The van der Waals surface area contributed by atoms with Gasteiger partial charge in [-0.05, 0) is 40.2 Å². The maximum absolute atomic E-state index is 12.1. The van der Waals surface area contributed by atoms with Crippen molar-refractivity contribution in [3.05, 3.63) is 12.7 Å². The molecule has 0 aromatic rings. The molecular formula is C11H24N2O2S. The van der Waals surface area contributed by atoms with Crippen LogP contribution in [0.25, 0.3) is 0 Å². The molecule has 0 saturated carbocycles. The van der Waals surface area contributed by atoms with Crippen molar-refractivity contribution < 1.29 is 8.42 Å². The molecule has 0 atom stereocenters. The number of sulfonamides is 1. The minimum atomic E-state index is -3.21. The average Bonchev–Trinajstić information content (AvgIpc) is 2.12. The van der Waals surface area contributed by atoms with Crippen LogP contribution in [0.15, 0.2) is 12.7 Å². The van der Waals surface area contributed by atoms with Gasteiger partial charge in [0.25, 0.3) is 0 Å². The minimum absolute atomic E-state index is 0.162. The van der Waals surface area contributed by atoms with Gasteiger partial charge >= 0.3 is 0 Å². The Balaban J connectivity index is 4.70. The summed E-state index contributed by atoms with van der Waals surface area (Å²) < 4.78 is 25.6. The molecule has 0 amide bonds. The van der Waals surface area contributed by atoms with Gasteiger partial charge in [-0.2, -0.15) is 4.31 Å². The zero-order chi connectivity index (χ0) is 12.8. The van der Waals surface area contributed by atoms with E-state index in [9.17, 15) is 8.42 Å². The molecule has 4 nitrogen and oxygen atoms in total. The molecule has 0 bridgehead atoms. The van der Waals surface area contributed by atoms with Crippen LogP contribution in [0, 0.1) is 0 Å². The number of hydrogen-bond donors (Lipinski definition) is 1. The molecule has 0 aliphatic heterocycles. The molecule has 0 aromatic heterocycles. The number of nitrogens with zero attached hydrogens (tertiary/aromatic N) is 1. The van der Waals surface area contributed by atoms with Gasteiger partial charge < -0.3 is 5.73 Å². The minimum Gasteiger partial charge on any atom is -0.330 e. The van der Waals surface area contributed by atoms with E-state index in [0.717, 1.165) is 6.42 Å². The van der Waals surface area contributed by atoms with Gasteiger partial charge in [0.2, 0.25) is 10.0 Å². The monoisotopic (exact) mass is 248 g/mol. The summed E-state index contributed by atoms with van der Waals surface area (Å²) in [4.78, 5) is 0. The van der Waals surface area contributed by atoms with E-state index in [1.165, 1.54) is 4.31 Å². The van der Waals surface area contributed by atoms with Crippen molar-refractivity contribution in [2.45, 2.75) is 39.2 Å². The van der Waals surface area contributed by atoms with E-state index in [-0.39, 0.29) is 5.75 Å². The Morgan fingerprint density at radius 2 is 1.88 bits per heavy atom. The Hall–Kier alpha value is -0.390. The van der Waals surface area contributed by atoms with Crippen LogP contribution >= 0.6 is 0 Å². The fraction of sp³-hybridized carbons (Fsp3) is 0.818. The van der Waals surface area contributed by atoms with Crippen LogP contribution in [0.5, 0.6) is 0 Å². The summed E-state index contributed by atoms with van der Waals surface area (Å²) in [6.07, 6.45) is 2.97. The molecule has 0 unspecified atom stereocenters. The van der Waals surface area contributed by atoms with E-state index in [0.29, 0.717) is 19.5 Å². The van der Waals surface area contributed by atoms with Gasteiger partial charge in [-0.25, -0.2) is 8.42 Å². The molecule has 16 heavy (non-hydrogen) atoms. The predicted molar refractivity (Wildman–Crippen MR) is 68.7 cm³/mol. The third kappa shape index (κ3) is 5.09. The lowest BCUT2D eigenvalue weighted by Crippen LogP contribution is -2.46. The van der Waals surface area contributed by atoms with Crippen molar-refractivity contribution in [2.24, 2.45) is 5.73 Å². The first-order valence-corrected chi connectivity index (χ1v) is 7.18. The van der Waals surface area contributed by atoms with E-state index in [4.69, 9.17) is 5.73 Å². The molecule has 2 N–H and O–H groups in total. The molecule has 0 radical (unpaired) electrons. The van der Waals surface area contributed by atoms with Crippen molar-refractivity contribution in [2.75, 3.05) is 18.8 Å². The smallest absolute Gasteiger partial charge is 0.214 e. The van der Waals surface area contributed by atoms with E-state index in [2.05, 4.69) is 6.58 Å². The molecule has 0 aromatic carbocycles. The van der Waals surface area contributed by atoms with E-state index >= 15 is 0 Å². The maximum atomic E-state index is 12.1. The van der Waals surface area contributed by atoms with Crippen LogP contribution in [0.1, 0.15) is 33.6 Å². The number of hydrogen-bond acceptors (Lipinski definition) is 3. The molecule has 0 aliphatic rings. The van der Waals surface area contributed by atoms with Gasteiger partial charge in [0.15, 0.2) is 0 Å². The van der Waals surface area contributed by atoms with Gasteiger partial charge in [-0.15, -0.1) is 6.58 Å². The Morgan fingerprint density at radius 3 is 2.25 bits per heavy atom. The van der Waals surface area contributed by atoms with Gasteiger partial charge in [0, 0.05) is 12.1 Å². The fourth-order valence-electron chi connectivity index (χ4n) is 1.46. The topological polar surface area (TPSA) is 63.4 Å². The average molecular weight is 248 g/mol. The third-order valence-electron chi connectivity index (χ3n) is 2.24. The fourth-order valence-corrected chi connectivity index (χ4v) is 3.42. The van der Waals surface area contributed by atoms with Gasteiger partial charge in [0.05, 0.1) is 5.75 Å². The van der Waals surface area contributed by atoms with Crippen molar-refractivity contribution in [3.63, 3.8) is 0 Å². The second-order valence-electron chi connectivity index (χ2n) is 4.80. The predicted octanol–water partition coefficient (Wildman–Crippen LogP) is 1.34. The summed E-state index contributed by atoms with van der Waals surface area (Å²) in [5.41, 5.74) is 4.95. The van der Waals surface area contributed by atoms with Crippen molar-refractivity contribution in [1.29, 1.82) is 0 Å². The van der Waals surface area contributed by atoms with E-state index in [1.807, 2.05) is 20.8 Å². The lowest BCUT2D eigenvalue weighted by Gasteiger charge is -2.33.